The number of hydrogen-bond acceptors (Lipinski definition) is 7. The van der Waals surface area contributed by atoms with Crippen molar-refractivity contribution >= 4 is 44.5 Å². The first kappa shape index (κ1) is 21.7. The maximum atomic E-state index is 13.7. The maximum Gasteiger partial charge on any atom is 0.284 e. The van der Waals surface area contributed by atoms with Crippen LogP contribution in [-0.2, 0) is 4.79 Å². The van der Waals surface area contributed by atoms with Crippen molar-refractivity contribution in [2.45, 2.75) is 0 Å². The van der Waals surface area contributed by atoms with Crippen LogP contribution in [0, 0.1) is 0 Å². The summed E-state index contributed by atoms with van der Waals surface area (Å²) in [5.41, 5.74) is 2.49. The van der Waals surface area contributed by atoms with Crippen LogP contribution in [0.4, 0.5) is 5.13 Å². The third-order valence-electron chi connectivity index (χ3n) is 5.41. The Balaban J connectivity index is 1.68. The minimum atomic E-state index is -0.276. The first-order valence-corrected chi connectivity index (χ1v) is 11.3. The second kappa shape index (κ2) is 8.99. The predicted molar refractivity (Wildman–Crippen MR) is 134 cm³/mol. The zero-order valence-electron chi connectivity index (χ0n) is 18.8. The molecule has 34 heavy (non-hydrogen) atoms. The van der Waals surface area contributed by atoms with Gasteiger partial charge in [0.05, 0.1) is 21.3 Å². The average Bonchev–Trinajstić information content (AvgIpc) is 3.46. The third kappa shape index (κ3) is 3.68. The summed E-state index contributed by atoms with van der Waals surface area (Å²) < 4.78 is 17.3. The number of hydrogen-bond donors (Lipinski definition) is 0. The van der Waals surface area contributed by atoms with Gasteiger partial charge in [-0.25, -0.2) is 14.9 Å². The number of para-hydroxylation sites is 1. The molecule has 0 saturated heterocycles. The molecule has 0 fully saturated rings. The summed E-state index contributed by atoms with van der Waals surface area (Å²) in [7, 11) is 4.79. The fraction of sp³-hybridized carbons (Fsp3) is 0.115. The second-order valence-corrected chi connectivity index (χ2v) is 8.34. The minimum Gasteiger partial charge on any atom is -0.496 e. The van der Waals surface area contributed by atoms with Gasteiger partial charge in [0.1, 0.15) is 39.0 Å². The van der Waals surface area contributed by atoms with Crippen molar-refractivity contribution in [1.29, 1.82) is 0 Å². The van der Waals surface area contributed by atoms with E-state index in [1.807, 2.05) is 60.7 Å². The fourth-order valence-corrected chi connectivity index (χ4v) is 4.85. The van der Waals surface area contributed by atoms with Gasteiger partial charge in [0.25, 0.3) is 5.91 Å². The lowest BCUT2D eigenvalue weighted by Crippen LogP contribution is -2.32. The molecule has 2 heterocycles. The van der Waals surface area contributed by atoms with Crippen molar-refractivity contribution in [1.82, 2.24) is 4.98 Å². The van der Waals surface area contributed by atoms with Gasteiger partial charge in [-0.2, -0.15) is 0 Å². The minimum absolute atomic E-state index is 0.276. The van der Waals surface area contributed by atoms with E-state index in [0.717, 1.165) is 15.8 Å². The van der Waals surface area contributed by atoms with E-state index in [9.17, 15) is 4.79 Å². The zero-order chi connectivity index (χ0) is 23.7. The van der Waals surface area contributed by atoms with Gasteiger partial charge in [-0.15, -0.1) is 0 Å². The van der Waals surface area contributed by atoms with Gasteiger partial charge in [0.2, 0.25) is 0 Å². The lowest BCUT2D eigenvalue weighted by molar-refractivity contribution is -0.113. The van der Waals surface area contributed by atoms with Gasteiger partial charge in [0.15, 0.2) is 5.13 Å². The normalized spacial score (nSPS) is 14.6. The van der Waals surface area contributed by atoms with Gasteiger partial charge in [-0.1, -0.05) is 59.9 Å². The average molecular weight is 472 g/mol. The van der Waals surface area contributed by atoms with Crippen LogP contribution in [0.1, 0.15) is 11.1 Å². The van der Waals surface area contributed by atoms with Crippen molar-refractivity contribution in [3.05, 3.63) is 83.6 Å². The number of amides is 1. The molecule has 1 aliphatic heterocycles. The van der Waals surface area contributed by atoms with E-state index in [1.54, 1.807) is 38.4 Å². The van der Waals surface area contributed by atoms with Gasteiger partial charge in [0, 0.05) is 11.1 Å². The molecule has 1 aliphatic rings. The molecule has 170 valence electrons. The summed E-state index contributed by atoms with van der Waals surface area (Å²) in [6.07, 6.45) is 1.73. The van der Waals surface area contributed by atoms with E-state index < -0.39 is 0 Å². The summed E-state index contributed by atoms with van der Waals surface area (Å²) in [5, 5.41) is 0.480. The molecule has 8 heteroatoms. The quantitative estimate of drug-likeness (QED) is 0.363. The number of rotatable bonds is 6. The first-order valence-electron chi connectivity index (χ1n) is 10.5. The summed E-state index contributed by atoms with van der Waals surface area (Å²) in [5.74, 6) is 2.15. The summed E-state index contributed by atoms with van der Waals surface area (Å²) >= 11 is 1.35. The van der Waals surface area contributed by atoms with Crippen LogP contribution in [0.25, 0.3) is 16.3 Å². The number of carbonyl (C=O) groups is 1. The SMILES string of the molecule is COc1ccccc1/C=C1/N=C(c2ccccc2)N(c2nc3c(OC)ccc(OC)c3s2)C1=O. The molecule has 3 aromatic carbocycles. The Bertz CT molecular complexity index is 1400. The Morgan fingerprint density at radius 3 is 2.24 bits per heavy atom. The van der Waals surface area contributed by atoms with Crippen molar-refractivity contribution in [3.63, 3.8) is 0 Å². The topological polar surface area (TPSA) is 73.2 Å². The van der Waals surface area contributed by atoms with Gasteiger partial charge >= 0.3 is 0 Å². The molecule has 5 rings (SSSR count). The molecule has 0 bridgehead atoms. The predicted octanol–water partition coefficient (Wildman–Crippen LogP) is 5.16. The van der Waals surface area contributed by atoms with Crippen LogP contribution in [0.2, 0.25) is 0 Å². The highest BCUT2D eigenvalue weighted by Crippen LogP contribution is 2.42. The summed E-state index contributed by atoms with van der Waals surface area (Å²) in [4.78, 5) is 24.7. The molecule has 0 atom stereocenters. The lowest BCUT2D eigenvalue weighted by atomic mass is 10.1. The van der Waals surface area contributed by atoms with E-state index >= 15 is 0 Å². The van der Waals surface area contributed by atoms with E-state index in [2.05, 4.69) is 0 Å². The molecule has 0 aliphatic carbocycles. The van der Waals surface area contributed by atoms with E-state index in [1.165, 1.54) is 11.3 Å². The second-order valence-electron chi connectivity index (χ2n) is 7.36. The third-order valence-corrected chi connectivity index (χ3v) is 6.47. The van der Waals surface area contributed by atoms with E-state index in [4.69, 9.17) is 24.2 Å². The molecule has 0 spiro atoms. The summed E-state index contributed by atoms with van der Waals surface area (Å²) in [6.45, 7) is 0. The van der Waals surface area contributed by atoms with Crippen LogP contribution in [0.5, 0.6) is 17.2 Å². The van der Waals surface area contributed by atoms with Gasteiger partial charge in [-0.05, 0) is 24.3 Å². The van der Waals surface area contributed by atoms with Crippen LogP contribution < -0.4 is 19.1 Å². The molecule has 1 amide bonds. The molecular weight excluding hydrogens is 450 g/mol. The number of amidine groups is 1. The number of benzene rings is 3. The molecule has 0 N–H and O–H groups in total. The number of methoxy groups -OCH3 is 3. The van der Waals surface area contributed by atoms with Crippen molar-refractivity contribution in [2.75, 3.05) is 26.2 Å². The van der Waals surface area contributed by atoms with Crippen molar-refractivity contribution in [2.24, 2.45) is 4.99 Å². The molecule has 7 nitrogen and oxygen atoms in total. The molecule has 0 saturated carbocycles. The Morgan fingerprint density at radius 1 is 0.824 bits per heavy atom. The first-order chi connectivity index (χ1) is 16.6. The summed E-state index contributed by atoms with van der Waals surface area (Å²) in [6, 6.07) is 20.7. The molecule has 1 aromatic heterocycles. The van der Waals surface area contributed by atoms with E-state index in [-0.39, 0.29) is 5.91 Å². The van der Waals surface area contributed by atoms with E-state index in [0.29, 0.717) is 39.4 Å². The highest BCUT2D eigenvalue weighted by atomic mass is 32.1. The van der Waals surface area contributed by atoms with Crippen LogP contribution in [-0.4, -0.2) is 38.1 Å². The standard InChI is InChI=1S/C26H21N3O4S/c1-31-19-12-8-7-11-17(19)15-18-25(30)29(24(27-18)16-9-5-4-6-10-16)26-28-22-20(32-2)13-14-21(33-3)23(22)34-26/h4-15H,1-3H3/b18-15+. The number of aliphatic imine (C=N–C) groups is 1. The highest BCUT2D eigenvalue weighted by molar-refractivity contribution is 7.23. The largest absolute Gasteiger partial charge is 0.496 e. The number of fused-ring (bicyclic) bond motifs is 1. The molecule has 0 unspecified atom stereocenters. The fourth-order valence-electron chi connectivity index (χ4n) is 3.78. The smallest absolute Gasteiger partial charge is 0.284 e. The number of aromatic nitrogens is 1. The van der Waals surface area contributed by atoms with Crippen molar-refractivity contribution < 1.29 is 19.0 Å². The molecule has 0 radical (unpaired) electrons. The molecule has 4 aromatic rings. The zero-order valence-corrected chi connectivity index (χ0v) is 19.6. The Morgan fingerprint density at radius 2 is 1.50 bits per heavy atom. The Hall–Kier alpha value is -4.17. The van der Waals surface area contributed by atoms with Crippen LogP contribution in [0.15, 0.2) is 77.4 Å². The number of nitrogens with zero attached hydrogens (tertiary/aromatic N) is 3. The lowest BCUT2D eigenvalue weighted by Gasteiger charge is -2.14. The monoisotopic (exact) mass is 471 g/mol. The van der Waals surface area contributed by atoms with Crippen LogP contribution in [0.3, 0.4) is 0 Å². The molecular formula is C26H21N3O4S. The number of ether oxygens (including phenoxy) is 3. The number of carbonyl (C=O) groups excluding carboxylic acids is 1. The number of anilines is 1. The van der Waals surface area contributed by atoms with Crippen LogP contribution >= 0.6 is 11.3 Å². The highest BCUT2D eigenvalue weighted by Gasteiger charge is 2.35. The van der Waals surface area contributed by atoms with Gasteiger partial charge < -0.3 is 14.2 Å². The van der Waals surface area contributed by atoms with Crippen molar-refractivity contribution in [3.8, 4) is 17.2 Å². The Labute approximate surface area is 200 Å². The Kier molecular flexibility index (Phi) is 5.73. The number of thiazole rings is 1. The van der Waals surface area contributed by atoms with Gasteiger partial charge in [-0.3, -0.25) is 4.79 Å². The maximum absolute atomic E-state index is 13.7.